The molecule has 1 saturated carbocycles. The van der Waals surface area contributed by atoms with Crippen LogP contribution < -0.4 is 9.47 Å². The highest BCUT2D eigenvalue weighted by Crippen LogP contribution is 2.63. The smallest absolute Gasteiger partial charge is 0.417 e. The van der Waals surface area contributed by atoms with Gasteiger partial charge in [0.2, 0.25) is 11.8 Å². The molecule has 0 spiro atoms. The van der Waals surface area contributed by atoms with Crippen LogP contribution >= 0.6 is 0 Å². The van der Waals surface area contributed by atoms with Crippen molar-refractivity contribution in [2.24, 2.45) is 11.8 Å². The molecule has 0 unspecified atom stereocenters. The fourth-order valence-corrected chi connectivity index (χ4v) is 5.93. The van der Waals surface area contributed by atoms with Gasteiger partial charge in [0.25, 0.3) is 0 Å². The van der Waals surface area contributed by atoms with Gasteiger partial charge < -0.3 is 14.6 Å². The van der Waals surface area contributed by atoms with Crippen LogP contribution in [0.2, 0.25) is 0 Å². The molecule has 5 rings (SSSR count). The number of alkyl halides is 3. The van der Waals surface area contributed by atoms with Crippen LogP contribution in [0.15, 0.2) is 55.1 Å². The number of rotatable bonds is 10. The van der Waals surface area contributed by atoms with Crippen molar-refractivity contribution in [3.63, 3.8) is 0 Å². The SMILES string of the molecule is C=C(O)[C@H]1[C@@H]2Cc3cc(OCc4cc(-c5cnc(OCCCS(C)(=O)=O)cc5C(F)(F)F)ccc4F)ncc3[C@@H]21. The molecular weight excluding hydrogens is 552 g/mol. The van der Waals surface area contributed by atoms with E-state index in [4.69, 9.17) is 9.47 Å². The number of fused-ring (bicyclic) bond motifs is 3. The Morgan fingerprint density at radius 1 is 1.12 bits per heavy atom. The number of aromatic nitrogens is 2. The van der Waals surface area contributed by atoms with Crippen molar-refractivity contribution in [3.05, 3.63) is 83.1 Å². The number of benzene rings is 1. The van der Waals surface area contributed by atoms with Crippen LogP contribution in [-0.4, -0.2) is 42.1 Å². The second-order valence-corrected chi connectivity index (χ2v) is 12.4. The molecule has 2 aromatic heterocycles. The molecule has 2 heterocycles. The number of halogens is 4. The van der Waals surface area contributed by atoms with Gasteiger partial charge in [0.1, 0.15) is 22.3 Å². The fourth-order valence-electron chi connectivity index (χ4n) is 5.28. The highest BCUT2D eigenvalue weighted by Gasteiger charge is 2.57. The maximum atomic E-state index is 14.6. The predicted octanol–water partition coefficient (Wildman–Crippen LogP) is 5.65. The summed E-state index contributed by atoms with van der Waals surface area (Å²) < 4.78 is 89.8. The zero-order chi connectivity index (χ0) is 28.8. The number of aliphatic hydroxyl groups is 1. The van der Waals surface area contributed by atoms with E-state index in [0.29, 0.717) is 5.92 Å². The van der Waals surface area contributed by atoms with Gasteiger partial charge in [-0.25, -0.2) is 22.8 Å². The first kappa shape index (κ1) is 27.9. The zero-order valence-corrected chi connectivity index (χ0v) is 22.2. The lowest BCUT2D eigenvalue weighted by atomic mass is 9.99. The first-order valence-electron chi connectivity index (χ1n) is 12.5. The van der Waals surface area contributed by atoms with Crippen LogP contribution in [0.25, 0.3) is 11.1 Å². The number of hydrogen-bond acceptors (Lipinski definition) is 7. The summed E-state index contributed by atoms with van der Waals surface area (Å²) in [5.74, 6) is -0.142. The van der Waals surface area contributed by atoms with Gasteiger partial charge in [-0.3, -0.25) is 0 Å². The van der Waals surface area contributed by atoms with Gasteiger partial charge >= 0.3 is 6.18 Å². The van der Waals surface area contributed by atoms with E-state index in [-0.39, 0.29) is 71.4 Å². The lowest BCUT2D eigenvalue weighted by molar-refractivity contribution is -0.137. The van der Waals surface area contributed by atoms with Gasteiger partial charge in [0.15, 0.2) is 0 Å². The highest BCUT2D eigenvalue weighted by atomic mass is 32.2. The van der Waals surface area contributed by atoms with E-state index in [2.05, 4.69) is 16.5 Å². The molecule has 0 bridgehead atoms. The topological polar surface area (TPSA) is 98.6 Å². The number of ether oxygens (including phenoxy) is 2. The van der Waals surface area contributed by atoms with E-state index in [0.717, 1.165) is 42.1 Å². The number of nitrogens with zero attached hydrogens (tertiary/aromatic N) is 2. The third kappa shape index (κ3) is 5.91. The molecule has 3 aromatic rings. The first-order valence-corrected chi connectivity index (χ1v) is 14.5. The van der Waals surface area contributed by atoms with Crippen molar-refractivity contribution in [1.29, 1.82) is 0 Å². The van der Waals surface area contributed by atoms with Crippen molar-refractivity contribution < 1.29 is 40.6 Å². The fraction of sp³-hybridized carbons (Fsp3) is 0.357. The Morgan fingerprint density at radius 3 is 2.55 bits per heavy atom. The molecule has 2 aliphatic carbocycles. The Kier molecular flexibility index (Phi) is 7.24. The van der Waals surface area contributed by atoms with Crippen LogP contribution in [0.4, 0.5) is 17.6 Å². The lowest BCUT2D eigenvalue weighted by Gasteiger charge is -2.16. The quantitative estimate of drug-likeness (QED) is 0.189. The predicted molar refractivity (Wildman–Crippen MR) is 138 cm³/mol. The summed E-state index contributed by atoms with van der Waals surface area (Å²) in [5, 5.41) is 9.70. The van der Waals surface area contributed by atoms with Crippen LogP contribution in [0, 0.1) is 17.7 Å². The van der Waals surface area contributed by atoms with Gasteiger partial charge in [-0.15, -0.1) is 0 Å². The number of aliphatic hydroxyl groups excluding tert-OH is 1. The summed E-state index contributed by atoms with van der Waals surface area (Å²) in [4.78, 5) is 8.22. The number of allylic oxidation sites excluding steroid dienone is 1. The molecule has 40 heavy (non-hydrogen) atoms. The third-order valence-electron chi connectivity index (χ3n) is 7.19. The summed E-state index contributed by atoms with van der Waals surface area (Å²) in [5.41, 5.74) is 0.884. The molecule has 1 fully saturated rings. The van der Waals surface area contributed by atoms with E-state index >= 15 is 0 Å². The molecule has 0 aliphatic heterocycles. The van der Waals surface area contributed by atoms with Crippen LogP contribution in [-0.2, 0) is 29.0 Å². The minimum Gasteiger partial charge on any atom is -0.513 e. The third-order valence-corrected chi connectivity index (χ3v) is 8.22. The van der Waals surface area contributed by atoms with E-state index in [1.54, 1.807) is 12.3 Å². The van der Waals surface area contributed by atoms with Crippen LogP contribution in [0.1, 0.15) is 34.6 Å². The molecule has 7 nitrogen and oxygen atoms in total. The molecule has 212 valence electrons. The van der Waals surface area contributed by atoms with Crippen LogP contribution in [0.5, 0.6) is 11.8 Å². The van der Waals surface area contributed by atoms with Crippen molar-refractivity contribution in [3.8, 4) is 22.9 Å². The summed E-state index contributed by atoms with van der Waals surface area (Å²) in [7, 11) is -3.23. The van der Waals surface area contributed by atoms with Gasteiger partial charge in [0, 0.05) is 47.8 Å². The van der Waals surface area contributed by atoms with Gasteiger partial charge in [-0.05, 0) is 53.5 Å². The molecule has 0 radical (unpaired) electrons. The molecule has 1 aromatic carbocycles. The standard InChI is InChI=1S/C28H26F4N2O5S/c1-15(35)26-19-9-17-10-24(34-13-21(17)27(19)26)39-14-18-8-16(4-5-23(18)29)20-12-33-25(11-22(20)28(30,31)32)38-6-3-7-40(2,36)37/h4-5,8,10-13,19,26-27,35H,1,3,6-7,9,14H2,2H3/t19-,26-,27+/m0/s1. The molecule has 2 aliphatic rings. The molecule has 12 heteroatoms. The van der Waals surface area contributed by atoms with Crippen molar-refractivity contribution in [1.82, 2.24) is 9.97 Å². The molecule has 0 saturated heterocycles. The summed E-state index contributed by atoms with van der Waals surface area (Å²) in [6.07, 6.45) is -0.183. The number of pyridine rings is 2. The Morgan fingerprint density at radius 2 is 1.85 bits per heavy atom. The molecular formula is C28H26F4N2O5S. The lowest BCUT2D eigenvalue weighted by Crippen LogP contribution is -2.11. The van der Waals surface area contributed by atoms with E-state index in [9.17, 15) is 31.1 Å². The number of sulfone groups is 1. The zero-order valence-electron chi connectivity index (χ0n) is 21.4. The van der Waals surface area contributed by atoms with Gasteiger partial charge in [-0.1, -0.05) is 12.6 Å². The summed E-state index contributed by atoms with van der Waals surface area (Å²) in [6, 6.07) is 6.07. The second-order valence-electron chi connectivity index (χ2n) is 10.1. The minimum atomic E-state index is -4.76. The molecule has 0 amide bonds. The van der Waals surface area contributed by atoms with E-state index < -0.39 is 27.4 Å². The Bertz CT molecular complexity index is 1580. The summed E-state index contributed by atoms with van der Waals surface area (Å²) in [6.45, 7) is 3.24. The maximum absolute atomic E-state index is 14.6. The van der Waals surface area contributed by atoms with Crippen LogP contribution in [0.3, 0.4) is 0 Å². The Balaban J connectivity index is 1.31. The Hall–Kier alpha value is -3.67. The molecule has 3 atom stereocenters. The van der Waals surface area contributed by atoms with Crippen molar-refractivity contribution >= 4 is 9.84 Å². The largest absolute Gasteiger partial charge is 0.513 e. The van der Waals surface area contributed by atoms with E-state index in [1.807, 2.05) is 0 Å². The highest BCUT2D eigenvalue weighted by molar-refractivity contribution is 7.90. The van der Waals surface area contributed by atoms with E-state index in [1.165, 1.54) is 12.1 Å². The number of hydrogen-bond donors (Lipinski definition) is 1. The van der Waals surface area contributed by atoms with Crippen molar-refractivity contribution in [2.75, 3.05) is 18.6 Å². The monoisotopic (exact) mass is 578 g/mol. The average Bonchev–Trinajstić information content (AvgIpc) is 3.47. The summed E-state index contributed by atoms with van der Waals surface area (Å²) >= 11 is 0. The maximum Gasteiger partial charge on any atom is 0.417 e. The van der Waals surface area contributed by atoms with Crippen molar-refractivity contribution in [2.45, 2.75) is 31.5 Å². The minimum absolute atomic E-state index is 0.0357. The van der Waals surface area contributed by atoms with Gasteiger partial charge in [0.05, 0.1) is 23.7 Å². The normalized spacial score (nSPS) is 19.6. The second kappa shape index (κ2) is 10.4. The van der Waals surface area contributed by atoms with Gasteiger partial charge in [-0.2, -0.15) is 13.2 Å². The molecule has 1 N–H and O–H groups in total. The first-order chi connectivity index (χ1) is 18.8. The average molecular weight is 579 g/mol. The Labute approximate surface area is 228 Å².